The second-order valence-electron chi connectivity index (χ2n) is 7.07. The van der Waals surface area contributed by atoms with Gasteiger partial charge < -0.3 is 14.0 Å². The van der Waals surface area contributed by atoms with Gasteiger partial charge in [0, 0.05) is 24.4 Å². The number of rotatable bonds is 7. The molecule has 146 valence electrons. The zero-order valence-electron chi connectivity index (χ0n) is 16.3. The number of hydrogen-bond donors (Lipinski definition) is 0. The molecule has 2 heterocycles. The minimum absolute atomic E-state index is 0.400. The molecule has 0 aliphatic carbocycles. The number of hydrogen-bond acceptors (Lipinski definition) is 6. The number of para-hydroxylation sites is 1. The Kier molecular flexibility index (Phi) is 5.58. The molecule has 4 rings (SSSR count). The van der Waals surface area contributed by atoms with Crippen LogP contribution in [0, 0.1) is 0 Å². The molecular formula is C22H25N3O3. The molecule has 1 atom stereocenters. The van der Waals surface area contributed by atoms with Gasteiger partial charge in [-0.3, -0.25) is 4.90 Å². The summed E-state index contributed by atoms with van der Waals surface area (Å²) < 4.78 is 16.5. The van der Waals surface area contributed by atoms with Crippen LogP contribution in [0.15, 0.2) is 53.1 Å². The molecule has 28 heavy (non-hydrogen) atoms. The average molecular weight is 379 g/mol. The van der Waals surface area contributed by atoms with Crippen molar-refractivity contribution in [3.05, 3.63) is 71.4 Å². The number of nitrogens with zero attached hydrogens (tertiary/aromatic N) is 3. The topological polar surface area (TPSA) is 60.6 Å². The molecule has 6 nitrogen and oxygen atoms in total. The van der Waals surface area contributed by atoms with Crippen molar-refractivity contribution in [3.8, 4) is 11.5 Å². The lowest BCUT2D eigenvalue weighted by Crippen LogP contribution is -2.20. The van der Waals surface area contributed by atoms with E-state index in [-0.39, 0.29) is 0 Å². The summed E-state index contributed by atoms with van der Waals surface area (Å²) in [5.74, 6) is 3.41. The maximum Gasteiger partial charge on any atom is 0.240 e. The van der Waals surface area contributed by atoms with Gasteiger partial charge in [-0.25, -0.2) is 0 Å². The highest BCUT2D eigenvalue weighted by Crippen LogP contribution is 2.39. The summed E-state index contributed by atoms with van der Waals surface area (Å²) in [5.41, 5.74) is 2.38. The normalized spacial score (nSPS) is 17.0. The van der Waals surface area contributed by atoms with E-state index in [9.17, 15) is 0 Å². The molecule has 0 radical (unpaired) electrons. The minimum Gasteiger partial charge on any atom is -0.493 e. The molecule has 3 aromatic rings. The fraction of sp³-hybridized carbons (Fsp3) is 0.364. The molecule has 0 unspecified atom stereocenters. The third-order valence-corrected chi connectivity index (χ3v) is 5.22. The van der Waals surface area contributed by atoms with Crippen LogP contribution in [0.5, 0.6) is 11.5 Å². The molecule has 1 aliphatic heterocycles. The van der Waals surface area contributed by atoms with Crippen LogP contribution in [0.2, 0.25) is 0 Å². The largest absolute Gasteiger partial charge is 0.493 e. The van der Waals surface area contributed by atoms with Crippen LogP contribution in [0.4, 0.5) is 0 Å². The lowest BCUT2D eigenvalue weighted by molar-refractivity contribution is 0.264. The van der Waals surface area contributed by atoms with Crippen molar-refractivity contribution in [2.45, 2.75) is 25.3 Å². The van der Waals surface area contributed by atoms with Crippen molar-refractivity contribution >= 4 is 0 Å². The molecule has 0 N–H and O–H groups in total. The fourth-order valence-electron chi connectivity index (χ4n) is 3.86. The molecule has 1 fully saturated rings. The average Bonchev–Trinajstić information content (AvgIpc) is 3.38. The standard InChI is InChI=1S/C22H25N3O3/c1-26-19-10-6-9-18(22(19)27-2)17-11-12-25(14-17)15-21-23-20(24-28-21)13-16-7-4-3-5-8-16/h3-10,17H,11-15H2,1-2H3/t17-/m0/s1. The van der Waals surface area contributed by atoms with Crippen LogP contribution in [0.3, 0.4) is 0 Å². The minimum atomic E-state index is 0.400. The molecule has 0 bridgehead atoms. The first kappa shape index (κ1) is 18.5. The van der Waals surface area contributed by atoms with Crippen LogP contribution < -0.4 is 9.47 Å². The quantitative estimate of drug-likeness (QED) is 0.624. The first-order valence-corrected chi connectivity index (χ1v) is 9.55. The summed E-state index contributed by atoms with van der Waals surface area (Å²) in [6.07, 6.45) is 1.75. The van der Waals surface area contributed by atoms with Crippen LogP contribution in [0.1, 0.15) is 35.2 Å². The van der Waals surface area contributed by atoms with Crippen molar-refractivity contribution in [1.82, 2.24) is 15.0 Å². The van der Waals surface area contributed by atoms with Crippen LogP contribution in [0.25, 0.3) is 0 Å². The molecule has 1 aromatic heterocycles. The van der Waals surface area contributed by atoms with Crippen LogP contribution >= 0.6 is 0 Å². The van der Waals surface area contributed by atoms with Gasteiger partial charge in [-0.05, 0) is 24.6 Å². The molecule has 6 heteroatoms. The first-order chi connectivity index (χ1) is 13.8. The van der Waals surface area contributed by atoms with Gasteiger partial charge in [-0.2, -0.15) is 4.98 Å². The van der Waals surface area contributed by atoms with E-state index in [1.807, 2.05) is 30.3 Å². The Bertz CT molecular complexity index is 910. The van der Waals surface area contributed by atoms with E-state index in [1.54, 1.807) is 14.2 Å². The predicted molar refractivity (Wildman–Crippen MR) is 106 cm³/mol. The summed E-state index contributed by atoms with van der Waals surface area (Å²) in [5, 5.41) is 4.13. The lowest BCUT2D eigenvalue weighted by atomic mass is 9.97. The zero-order valence-corrected chi connectivity index (χ0v) is 16.3. The van der Waals surface area contributed by atoms with E-state index in [0.717, 1.165) is 36.8 Å². The van der Waals surface area contributed by atoms with E-state index in [0.29, 0.717) is 24.8 Å². The van der Waals surface area contributed by atoms with Gasteiger partial charge in [0.05, 0.1) is 20.8 Å². The number of methoxy groups -OCH3 is 2. The number of likely N-dealkylation sites (tertiary alicyclic amines) is 1. The van der Waals surface area contributed by atoms with Crippen LogP contribution in [-0.2, 0) is 13.0 Å². The number of benzene rings is 2. The van der Waals surface area contributed by atoms with Gasteiger partial charge in [0.15, 0.2) is 17.3 Å². The maximum atomic E-state index is 5.61. The Balaban J connectivity index is 1.39. The molecule has 2 aromatic carbocycles. The Morgan fingerprint density at radius 2 is 1.93 bits per heavy atom. The highest BCUT2D eigenvalue weighted by atomic mass is 16.5. The van der Waals surface area contributed by atoms with E-state index < -0.39 is 0 Å². The van der Waals surface area contributed by atoms with Crippen molar-refractivity contribution in [2.24, 2.45) is 0 Å². The summed E-state index contributed by atoms with van der Waals surface area (Å²) in [4.78, 5) is 6.91. The highest BCUT2D eigenvalue weighted by Gasteiger charge is 2.28. The molecule has 0 amide bonds. The van der Waals surface area contributed by atoms with Gasteiger partial charge >= 0.3 is 0 Å². The second kappa shape index (κ2) is 8.44. The SMILES string of the molecule is COc1cccc([C@H]2CCN(Cc3nc(Cc4ccccc4)no3)C2)c1OC. The zero-order chi connectivity index (χ0) is 19.3. The highest BCUT2D eigenvalue weighted by molar-refractivity contribution is 5.48. The third kappa shape index (κ3) is 4.02. The van der Waals surface area contributed by atoms with Crippen molar-refractivity contribution < 1.29 is 14.0 Å². The van der Waals surface area contributed by atoms with E-state index in [4.69, 9.17) is 14.0 Å². The Labute approximate surface area is 165 Å². The predicted octanol–water partition coefficient (Wildman–Crippen LogP) is 3.67. The van der Waals surface area contributed by atoms with E-state index in [2.05, 4.69) is 33.2 Å². The van der Waals surface area contributed by atoms with Crippen molar-refractivity contribution in [3.63, 3.8) is 0 Å². The van der Waals surface area contributed by atoms with Gasteiger partial charge in [0.25, 0.3) is 0 Å². The number of ether oxygens (including phenoxy) is 2. The summed E-state index contributed by atoms with van der Waals surface area (Å²) in [6.45, 7) is 2.59. The van der Waals surface area contributed by atoms with Gasteiger partial charge in [-0.1, -0.05) is 47.6 Å². The summed E-state index contributed by atoms with van der Waals surface area (Å²) in [6, 6.07) is 16.3. The molecule has 0 spiro atoms. The van der Waals surface area contributed by atoms with Gasteiger partial charge in [0.1, 0.15) is 0 Å². The summed E-state index contributed by atoms with van der Waals surface area (Å²) >= 11 is 0. The first-order valence-electron chi connectivity index (χ1n) is 9.55. The molecule has 1 saturated heterocycles. The van der Waals surface area contributed by atoms with Crippen LogP contribution in [-0.4, -0.2) is 42.3 Å². The van der Waals surface area contributed by atoms with E-state index in [1.165, 1.54) is 11.1 Å². The summed E-state index contributed by atoms with van der Waals surface area (Å²) in [7, 11) is 3.37. The fourth-order valence-corrected chi connectivity index (χ4v) is 3.86. The Morgan fingerprint density at radius 3 is 2.71 bits per heavy atom. The smallest absolute Gasteiger partial charge is 0.240 e. The van der Waals surface area contributed by atoms with Crippen molar-refractivity contribution in [1.29, 1.82) is 0 Å². The Morgan fingerprint density at radius 1 is 1.07 bits per heavy atom. The molecular weight excluding hydrogens is 354 g/mol. The molecule has 1 aliphatic rings. The van der Waals surface area contributed by atoms with Crippen molar-refractivity contribution in [2.75, 3.05) is 27.3 Å². The van der Waals surface area contributed by atoms with Gasteiger partial charge in [0.2, 0.25) is 5.89 Å². The lowest BCUT2D eigenvalue weighted by Gasteiger charge is -2.18. The monoisotopic (exact) mass is 379 g/mol. The second-order valence-corrected chi connectivity index (χ2v) is 7.07. The third-order valence-electron chi connectivity index (χ3n) is 5.22. The maximum absolute atomic E-state index is 5.61. The van der Waals surface area contributed by atoms with E-state index >= 15 is 0 Å². The Hall–Kier alpha value is -2.86. The molecule has 0 saturated carbocycles. The number of aromatic nitrogens is 2. The van der Waals surface area contributed by atoms with Gasteiger partial charge in [-0.15, -0.1) is 0 Å².